The second kappa shape index (κ2) is 14.0. The Morgan fingerprint density at radius 2 is 1.49 bits per heavy atom. The van der Waals surface area contributed by atoms with Gasteiger partial charge < -0.3 is 9.40 Å². The molecule has 0 atom stereocenters. The molecule has 247 valence electrons. The van der Waals surface area contributed by atoms with Crippen molar-refractivity contribution in [1.29, 1.82) is 0 Å². The first-order valence-corrected chi connectivity index (χ1v) is 23.3. The number of aromatic nitrogens is 2. The van der Waals surface area contributed by atoms with Crippen molar-refractivity contribution < 1.29 is 34.1 Å². The third-order valence-corrected chi connectivity index (χ3v) is 13.0. The summed E-state index contributed by atoms with van der Waals surface area (Å²) in [6.45, 7) is -1.71. The molecule has 49 heavy (non-hydrogen) atoms. The van der Waals surface area contributed by atoms with Crippen LogP contribution in [0.1, 0.15) is 46.0 Å². The molecule has 0 fully saturated rings. The van der Waals surface area contributed by atoms with E-state index in [9.17, 15) is 0 Å². The van der Waals surface area contributed by atoms with E-state index in [0.29, 0.717) is 22.3 Å². The van der Waals surface area contributed by atoms with Gasteiger partial charge in [-0.15, -0.1) is 17.7 Å². The zero-order valence-corrected chi connectivity index (χ0v) is 32.5. The first kappa shape index (κ1) is 26.7. The standard InChI is InChI=1S/C30H24NO.C14H16GeN.Ir/c1-17(2)21-11-13-25(27-15-18(3)19(4)16-31-27)30-28(21)26-14-12-23-22-8-6-5-7-20(22)9-10-24(23)29(26)32-30;1-15(2,3)13-9-10-14(16-11-13)12-7-5-4-6-8-12;/h5-12,14-17H,1-4H3;4-7,9-11H,1-3H3;/q2*-1;/i3D3,4D3,17D;;. The molecule has 8 aromatic rings. The van der Waals surface area contributed by atoms with Crippen LogP contribution in [0, 0.1) is 25.8 Å². The number of nitrogens with zero attached hydrogens (tertiary/aromatic N) is 2. The van der Waals surface area contributed by atoms with Crippen LogP contribution in [0.5, 0.6) is 0 Å². The number of aryl methyl sites for hydroxylation is 2. The number of pyridine rings is 2. The quantitative estimate of drug-likeness (QED) is 0.100. The van der Waals surface area contributed by atoms with E-state index in [2.05, 4.69) is 69.7 Å². The normalized spacial score (nSPS) is 14.4. The second-order valence-electron chi connectivity index (χ2n) is 13.3. The third kappa shape index (κ3) is 6.75. The number of rotatable bonds is 4. The summed E-state index contributed by atoms with van der Waals surface area (Å²) in [5.41, 5.74) is 3.90. The molecule has 0 saturated carbocycles. The fourth-order valence-corrected chi connectivity index (χ4v) is 8.27. The van der Waals surface area contributed by atoms with Crippen LogP contribution in [0.2, 0.25) is 17.3 Å². The molecule has 5 aromatic carbocycles. The van der Waals surface area contributed by atoms with Crippen molar-refractivity contribution in [3.63, 3.8) is 0 Å². The van der Waals surface area contributed by atoms with E-state index in [1.54, 1.807) is 19.9 Å². The molecule has 0 aliphatic rings. The van der Waals surface area contributed by atoms with Gasteiger partial charge in [0.2, 0.25) is 0 Å². The van der Waals surface area contributed by atoms with Crippen LogP contribution in [-0.4, -0.2) is 23.2 Å². The van der Waals surface area contributed by atoms with Gasteiger partial charge in [0.05, 0.1) is 5.58 Å². The van der Waals surface area contributed by atoms with Crippen molar-refractivity contribution in [1.82, 2.24) is 9.97 Å². The van der Waals surface area contributed by atoms with Crippen molar-refractivity contribution >= 4 is 61.1 Å². The number of hydrogen-bond donors (Lipinski definition) is 0. The minimum absolute atomic E-state index is 0. The zero-order valence-electron chi connectivity index (χ0n) is 35.0. The predicted molar refractivity (Wildman–Crippen MR) is 206 cm³/mol. The first-order chi connectivity index (χ1) is 25.8. The third-order valence-electron chi connectivity index (χ3n) is 8.75. The summed E-state index contributed by atoms with van der Waals surface area (Å²) in [5.74, 6) is 6.16. The summed E-state index contributed by atoms with van der Waals surface area (Å²) in [5, 5.41) is 5.70. The average Bonchev–Trinajstić information content (AvgIpc) is 3.53. The van der Waals surface area contributed by atoms with Crippen molar-refractivity contribution in [3.05, 3.63) is 138 Å². The topological polar surface area (TPSA) is 38.9 Å². The van der Waals surface area contributed by atoms with Gasteiger partial charge in [0.25, 0.3) is 0 Å². The summed E-state index contributed by atoms with van der Waals surface area (Å²) in [4.78, 5) is 8.89. The molecule has 5 heteroatoms. The van der Waals surface area contributed by atoms with Gasteiger partial charge in [-0.05, 0) is 41.1 Å². The van der Waals surface area contributed by atoms with Crippen molar-refractivity contribution in [3.8, 4) is 22.5 Å². The molecule has 0 saturated heterocycles. The Bertz CT molecular complexity index is 2700. The van der Waals surface area contributed by atoms with E-state index in [1.807, 2.05) is 60.8 Å². The summed E-state index contributed by atoms with van der Waals surface area (Å²) in [6.07, 6.45) is 3.15. The fourth-order valence-electron chi connectivity index (χ4n) is 6.09. The Balaban J connectivity index is 0.000000263. The molecule has 0 bridgehead atoms. The largest absolute Gasteiger partial charge is 0 e. The molecule has 3 aromatic heterocycles. The van der Waals surface area contributed by atoms with Crippen LogP contribution < -0.4 is 4.40 Å². The predicted octanol–water partition coefficient (Wildman–Crippen LogP) is 11.6. The maximum absolute atomic E-state index is 8.81. The Kier molecular flexibility index (Phi) is 7.66. The summed E-state index contributed by atoms with van der Waals surface area (Å²) >= 11 is -1.72. The minimum Gasteiger partial charge on any atom is 0 e. The van der Waals surface area contributed by atoms with E-state index < -0.39 is 32.9 Å². The van der Waals surface area contributed by atoms with Gasteiger partial charge in [-0.2, -0.15) is 0 Å². The Morgan fingerprint density at radius 3 is 2.20 bits per heavy atom. The van der Waals surface area contributed by atoms with Gasteiger partial charge in [-0.25, -0.2) is 0 Å². The average molecular weight is 885 g/mol. The number of furan rings is 1. The maximum atomic E-state index is 8.81. The molecular formula is C44H40GeIrN2O-2. The molecule has 0 unspecified atom stereocenters. The van der Waals surface area contributed by atoms with Crippen LogP contribution in [0.3, 0.4) is 0 Å². The molecule has 0 aliphatic carbocycles. The number of benzene rings is 5. The van der Waals surface area contributed by atoms with Crippen molar-refractivity contribution in [2.75, 3.05) is 0 Å². The Hall–Kier alpha value is -4.09. The monoisotopic (exact) mass is 886 g/mol. The maximum Gasteiger partial charge on any atom is 0 e. The molecule has 0 N–H and O–H groups in total. The van der Waals surface area contributed by atoms with E-state index in [1.165, 1.54) is 10.5 Å². The van der Waals surface area contributed by atoms with Crippen LogP contribution >= 0.6 is 0 Å². The molecule has 3 heterocycles. The SMILES string of the molecule is [2H]C([2H])([2H])c1cnc(-c2[c-]cc(C([2H])(C)C)c3c2oc2c4ccc5ccccc5c4ccc23)cc1C([2H])([2H])[2H].[CH3][Ge]([CH3])([CH3])[c]1ccc(-c2[c-]cccc2)nc1.[Ir]. The fraction of sp³-hybridized carbons (Fsp3) is 0.182. The second-order valence-corrected chi connectivity index (χ2v) is 23.9. The van der Waals surface area contributed by atoms with Crippen LogP contribution in [0.25, 0.3) is 66.0 Å². The molecule has 0 aliphatic heterocycles. The van der Waals surface area contributed by atoms with Gasteiger partial charge in [0, 0.05) is 46.7 Å². The zero-order chi connectivity index (χ0) is 39.5. The molecule has 0 amide bonds. The van der Waals surface area contributed by atoms with Gasteiger partial charge in [-0.1, -0.05) is 90.9 Å². The van der Waals surface area contributed by atoms with Gasteiger partial charge in [0.1, 0.15) is 5.58 Å². The first-order valence-electron chi connectivity index (χ1n) is 19.5. The van der Waals surface area contributed by atoms with Gasteiger partial charge in [-0.3, -0.25) is 0 Å². The number of fused-ring (bicyclic) bond motifs is 7. The Morgan fingerprint density at radius 1 is 0.735 bits per heavy atom. The molecular weight excluding hydrogens is 837 g/mol. The van der Waals surface area contributed by atoms with Crippen molar-refractivity contribution in [2.45, 2.75) is 50.7 Å². The van der Waals surface area contributed by atoms with E-state index >= 15 is 0 Å². The van der Waals surface area contributed by atoms with Crippen LogP contribution in [0.4, 0.5) is 0 Å². The van der Waals surface area contributed by atoms with Crippen LogP contribution in [-0.2, 0) is 20.1 Å². The summed E-state index contributed by atoms with van der Waals surface area (Å²) in [7, 11) is 0. The van der Waals surface area contributed by atoms with Crippen molar-refractivity contribution in [2.24, 2.45) is 0 Å². The van der Waals surface area contributed by atoms with E-state index in [0.717, 1.165) is 49.8 Å². The smallest absolute Gasteiger partial charge is 0 e. The van der Waals surface area contributed by atoms with E-state index in [-0.39, 0.29) is 36.9 Å². The Labute approximate surface area is 315 Å². The molecule has 3 nitrogen and oxygen atoms in total. The molecule has 1 radical (unpaired) electrons. The summed E-state index contributed by atoms with van der Waals surface area (Å²) in [6, 6.07) is 37.9. The molecule has 8 rings (SSSR count). The molecule has 0 spiro atoms. The van der Waals surface area contributed by atoms with Gasteiger partial charge >= 0.3 is 99.8 Å². The van der Waals surface area contributed by atoms with E-state index in [4.69, 9.17) is 14.0 Å². The van der Waals surface area contributed by atoms with Gasteiger partial charge in [0.15, 0.2) is 0 Å². The summed E-state index contributed by atoms with van der Waals surface area (Å²) < 4.78 is 64.1. The van der Waals surface area contributed by atoms with Crippen LogP contribution in [0.15, 0.2) is 114 Å². The number of hydrogen-bond acceptors (Lipinski definition) is 3. The minimum atomic E-state index is -2.66.